The van der Waals surface area contributed by atoms with Gasteiger partial charge in [0.05, 0.1) is 5.56 Å². The minimum Gasteiger partial charge on any atom is -0.445 e. The van der Waals surface area contributed by atoms with Crippen molar-refractivity contribution in [1.29, 1.82) is 0 Å². The molecule has 0 aliphatic carbocycles. The fourth-order valence-electron chi connectivity index (χ4n) is 2.84. The predicted octanol–water partition coefficient (Wildman–Crippen LogP) is 5.04. The quantitative estimate of drug-likeness (QED) is 0.438. The summed E-state index contributed by atoms with van der Waals surface area (Å²) in [4.78, 5) is 37.1. The van der Waals surface area contributed by atoms with Gasteiger partial charge in [0.2, 0.25) is 6.10 Å². The highest BCUT2D eigenvalue weighted by Crippen LogP contribution is 2.21. The molecule has 0 saturated carbocycles. The van der Waals surface area contributed by atoms with Crippen molar-refractivity contribution >= 4 is 17.9 Å². The van der Waals surface area contributed by atoms with Crippen molar-refractivity contribution in [2.45, 2.75) is 52.6 Å². The molecule has 0 saturated heterocycles. The molecule has 1 atom stereocenters. The monoisotopic (exact) mass is 396 g/mol. The molecule has 0 aliphatic heterocycles. The Morgan fingerprint density at radius 2 is 1.59 bits per heavy atom. The highest BCUT2D eigenvalue weighted by atomic mass is 16.6. The normalized spacial score (nSPS) is 11.7. The van der Waals surface area contributed by atoms with Crippen LogP contribution in [0.3, 0.4) is 0 Å². The van der Waals surface area contributed by atoms with Gasteiger partial charge in [-0.15, -0.1) is 0 Å². The topological polar surface area (TPSA) is 69.7 Å². The first-order chi connectivity index (χ1) is 13.9. The van der Waals surface area contributed by atoms with E-state index >= 15 is 0 Å². The van der Waals surface area contributed by atoms with Crippen LogP contribution >= 0.6 is 0 Å². The average molecular weight is 396 g/mol. The molecule has 5 heteroatoms. The summed E-state index contributed by atoms with van der Waals surface area (Å²) >= 11 is 0. The fraction of sp³-hybridized carbons (Fsp3) is 0.375. The summed E-state index contributed by atoms with van der Waals surface area (Å²) < 4.78 is 10.4. The van der Waals surface area contributed by atoms with Crippen LogP contribution in [-0.2, 0) is 25.5 Å². The number of esters is 3. The van der Waals surface area contributed by atoms with Crippen LogP contribution in [0.1, 0.15) is 67.6 Å². The second-order valence-corrected chi connectivity index (χ2v) is 7.39. The highest BCUT2D eigenvalue weighted by Gasteiger charge is 2.28. The molecular formula is C24H28O5. The van der Waals surface area contributed by atoms with Gasteiger partial charge in [0.1, 0.15) is 0 Å². The maximum Gasteiger partial charge on any atom is 0.360 e. The van der Waals surface area contributed by atoms with Crippen LogP contribution in [-0.4, -0.2) is 17.9 Å². The van der Waals surface area contributed by atoms with Gasteiger partial charge >= 0.3 is 17.9 Å². The van der Waals surface area contributed by atoms with Crippen molar-refractivity contribution in [3.05, 3.63) is 71.3 Å². The van der Waals surface area contributed by atoms with Crippen LogP contribution in [0.2, 0.25) is 0 Å². The number of benzene rings is 2. The number of carbonyl (C=O) groups excluding carboxylic acids is 3. The Hall–Kier alpha value is -2.95. The molecule has 0 N–H and O–H groups in total. The molecule has 0 aliphatic rings. The molecule has 0 fully saturated rings. The van der Waals surface area contributed by atoms with E-state index in [1.807, 2.05) is 19.1 Å². The van der Waals surface area contributed by atoms with Gasteiger partial charge in [-0.3, -0.25) is 4.79 Å². The molecule has 2 rings (SSSR count). The van der Waals surface area contributed by atoms with Crippen LogP contribution in [0.5, 0.6) is 0 Å². The lowest BCUT2D eigenvalue weighted by Gasteiger charge is -2.16. The lowest BCUT2D eigenvalue weighted by atomic mass is 10.0. The molecule has 0 bridgehead atoms. The summed E-state index contributed by atoms with van der Waals surface area (Å²) in [5, 5.41) is 0. The first kappa shape index (κ1) is 22.3. The zero-order chi connectivity index (χ0) is 21.2. The average Bonchev–Trinajstić information content (AvgIpc) is 2.71. The van der Waals surface area contributed by atoms with Crippen molar-refractivity contribution in [2.24, 2.45) is 5.92 Å². The molecular weight excluding hydrogens is 368 g/mol. The fourth-order valence-corrected chi connectivity index (χ4v) is 2.84. The van der Waals surface area contributed by atoms with E-state index in [9.17, 15) is 14.4 Å². The number of rotatable bonds is 9. The van der Waals surface area contributed by atoms with Crippen molar-refractivity contribution in [3.63, 3.8) is 0 Å². The molecule has 2 aromatic rings. The largest absolute Gasteiger partial charge is 0.445 e. The van der Waals surface area contributed by atoms with Crippen molar-refractivity contribution in [3.8, 4) is 0 Å². The third kappa shape index (κ3) is 7.18. The Bertz CT molecular complexity index is 809. The highest BCUT2D eigenvalue weighted by molar-refractivity contribution is 5.98. The van der Waals surface area contributed by atoms with Gasteiger partial charge in [0.15, 0.2) is 0 Å². The zero-order valence-corrected chi connectivity index (χ0v) is 17.2. The van der Waals surface area contributed by atoms with Gasteiger partial charge in [0, 0.05) is 12.0 Å². The standard InChI is InChI=1S/C24H28O5/c1-4-5-11-21(25)28-22(19-9-7-6-8-10-19)24(27)29-23(26)20-14-12-18(13-15-20)16-17(2)3/h6-10,12-15,17,22H,4-5,11,16H2,1-3H3. The molecule has 0 aromatic heterocycles. The van der Waals surface area contributed by atoms with Gasteiger partial charge in [-0.2, -0.15) is 0 Å². The predicted molar refractivity (Wildman–Crippen MR) is 110 cm³/mol. The number of hydrogen-bond donors (Lipinski definition) is 0. The molecule has 154 valence electrons. The Morgan fingerprint density at radius 1 is 0.931 bits per heavy atom. The van der Waals surface area contributed by atoms with E-state index in [4.69, 9.17) is 9.47 Å². The van der Waals surface area contributed by atoms with Gasteiger partial charge in [-0.25, -0.2) is 9.59 Å². The molecule has 5 nitrogen and oxygen atoms in total. The third-order valence-corrected chi connectivity index (χ3v) is 4.33. The van der Waals surface area contributed by atoms with Crippen molar-refractivity contribution < 1.29 is 23.9 Å². The van der Waals surface area contributed by atoms with Crippen molar-refractivity contribution in [2.75, 3.05) is 0 Å². The lowest BCUT2D eigenvalue weighted by molar-refractivity contribution is -0.165. The Kier molecular flexibility index (Phi) is 8.59. The van der Waals surface area contributed by atoms with E-state index in [-0.39, 0.29) is 12.0 Å². The molecule has 0 amide bonds. The number of ether oxygens (including phenoxy) is 2. The Morgan fingerprint density at radius 3 is 2.17 bits per heavy atom. The SMILES string of the molecule is CCCCC(=O)OC(C(=O)OC(=O)c1ccc(CC(C)C)cc1)c1ccccc1. The second kappa shape index (κ2) is 11.1. The summed E-state index contributed by atoms with van der Waals surface area (Å²) in [5.41, 5.74) is 1.84. The third-order valence-electron chi connectivity index (χ3n) is 4.33. The van der Waals surface area contributed by atoms with Crippen LogP contribution in [0.25, 0.3) is 0 Å². The minimum absolute atomic E-state index is 0.207. The maximum absolute atomic E-state index is 12.6. The number of hydrogen-bond acceptors (Lipinski definition) is 5. The van der Waals surface area contributed by atoms with Crippen molar-refractivity contribution in [1.82, 2.24) is 0 Å². The van der Waals surface area contributed by atoms with Crippen LogP contribution in [0, 0.1) is 5.92 Å². The van der Waals surface area contributed by atoms with Gasteiger partial charge < -0.3 is 9.47 Å². The van der Waals surface area contributed by atoms with E-state index < -0.39 is 24.0 Å². The second-order valence-electron chi connectivity index (χ2n) is 7.39. The van der Waals surface area contributed by atoms with Gasteiger partial charge in [-0.1, -0.05) is 69.7 Å². The zero-order valence-electron chi connectivity index (χ0n) is 17.2. The number of unbranched alkanes of at least 4 members (excludes halogenated alkanes) is 1. The van der Waals surface area contributed by atoms with E-state index in [1.54, 1.807) is 42.5 Å². The molecule has 0 radical (unpaired) electrons. The lowest BCUT2D eigenvalue weighted by Crippen LogP contribution is -2.24. The Labute approximate surface area is 172 Å². The first-order valence-electron chi connectivity index (χ1n) is 10.00. The summed E-state index contributed by atoms with van der Waals surface area (Å²) in [6.45, 7) is 6.19. The van der Waals surface area contributed by atoms with Gasteiger partial charge in [0.25, 0.3) is 0 Å². The van der Waals surface area contributed by atoms with Gasteiger partial charge in [-0.05, 0) is 36.5 Å². The van der Waals surface area contributed by atoms with Crippen LogP contribution < -0.4 is 0 Å². The van der Waals surface area contributed by atoms with E-state index in [1.165, 1.54) is 0 Å². The van der Waals surface area contributed by atoms with Crippen LogP contribution in [0.4, 0.5) is 0 Å². The van der Waals surface area contributed by atoms with E-state index in [2.05, 4.69) is 13.8 Å². The maximum atomic E-state index is 12.6. The Balaban J connectivity index is 2.09. The summed E-state index contributed by atoms with van der Waals surface area (Å²) in [6.07, 6.45) is 1.33. The molecule has 2 aromatic carbocycles. The molecule has 29 heavy (non-hydrogen) atoms. The first-order valence-corrected chi connectivity index (χ1v) is 10.00. The molecule has 0 spiro atoms. The molecule has 1 unspecified atom stereocenters. The van der Waals surface area contributed by atoms with E-state index in [0.29, 0.717) is 17.9 Å². The summed E-state index contributed by atoms with van der Waals surface area (Å²) in [6, 6.07) is 15.5. The van der Waals surface area contributed by atoms with Crippen LogP contribution in [0.15, 0.2) is 54.6 Å². The van der Waals surface area contributed by atoms with E-state index in [0.717, 1.165) is 18.4 Å². The smallest absolute Gasteiger partial charge is 0.360 e. The summed E-state index contributed by atoms with van der Waals surface area (Å²) in [5.74, 6) is -1.67. The minimum atomic E-state index is -1.27. The molecule has 0 heterocycles. The number of carbonyl (C=O) groups is 3. The summed E-state index contributed by atoms with van der Waals surface area (Å²) in [7, 11) is 0.